The van der Waals surface area contributed by atoms with Crippen LogP contribution < -0.4 is 16.6 Å². The second-order valence-corrected chi connectivity index (χ2v) is 2.97. The summed E-state index contributed by atoms with van der Waals surface area (Å²) in [7, 11) is 0. The minimum atomic E-state index is -0.637. The maximum absolute atomic E-state index is 11.1. The molecule has 0 aromatic carbocycles. The zero-order chi connectivity index (χ0) is 11.8. The molecule has 0 aliphatic heterocycles. The molecule has 1 aromatic rings. The van der Waals surface area contributed by atoms with Crippen LogP contribution in [-0.2, 0) is 4.74 Å². The van der Waals surface area contributed by atoms with E-state index in [4.69, 9.17) is 9.84 Å². The highest BCUT2D eigenvalue weighted by Crippen LogP contribution is 1.88. The molecule has 0 aliphatic carbocycles. The van der Waals surface area contributed by atoms with Gasteiger partial charge in [-0.1, -0.05) is 0 Å². The Hall–Kier alpha value is -1.67. The summed E-state index contributed by atoms with van der Waals surface area (Å²) in [5.41, 5.74) is -1.19. The Morgan fingerprint density at radius 3 is 2.88 bits per heavy atom. The molecular formula is C8H14N4O4. The maximum Gasteiger partial charge on any atom is 0.342 e. The summed E-state index contributed by atoms with van der Waals surface area (Å²) in [6.07, 6.45) is 0.667. The van der Waals surface area contributed by atoms with Gasteiger partial charge in [-0.3, -0.25) is 9.78 Å². The van der Waals surface area contributed by atoms with Crippen molar-refractivity contribution < 1.29 is 9.84 Å². The van der Waals surface area contributed by atoms with Gasteiger partial charge in [0.05, 0.1) is 13.2 Å². The van der Waals surface area contributed by atoms with E-state index in [1.165, 1.54) is 0 Å². The quantitative estimate of drug-likeness (QED) is 0.413. The van der Waals surface area contributed by atoms with Crippen LogP contribution in [0.5, 0.6) is 0 Å². The van der Waals surface area contributed by atoms with E-state index in [0.29, 0.717) is 26.2 Å². The number of H-pyrrole nitrogens is 2. The standard InChI is InChI=1S/C8H14N4O4/c13-3-5-16-4-1-2-9-6-7(14)10-8(15)12-11-6/h13H,1-5H2,(H,9,11)(H2,10,12,14,15). The van der Waals surface area contributed by atoms with Crippen LogP contribution in [0.1, 0.15) is 6.42 Å². The zero-order valence-corrected chi connectivity index (χ0v) is 8.65. The Bertz CT molecular complexity index is 413. The smallest absolute Gasteiger partial charge is 0.342 e. The number of ether oxygens (including phenoxy) is 1. The highest BCUT2D eigenvalue weighted by atomic mass is 16.5. The molecule has 0 saturated heterocycles. The van der Waals surface area contributed by atoms with Gasteiger partial charge in [-0.25, -0.2) is 9.89 Å². The lowest BCUT2D eigenvalue weighted by atomic mass is 10.4. The van der Waals surface area contributed by atoms with Gasteiger partial charge in [0.1, 0.15) is 0 Å². The molecule has 0 aliphatic rings. The topological polar surface area (TPSA) is 120 Å². The minimum absolute atomic E-state index is 0.00538. The summed E-state index contributed by atoms with van der Waals surface area (Å²) in [5, 5.41) is 16.8. The Labute approximate surface area is 90.7 Å². The van der Waals surface area contributed by atoms with E-state index in [1.807, 2.05) is 4.98 Å². The van der Waals surface area contributed by atoms with Crippen LogP contribution in [0.4, 0.5) is 5.82 Å². The lowest BCUT2D eigenvalue weighted by Gasteiger charge is -2.04. The van der Waals surface area contributed by atoms with E-state index in [0.717, 1.165) is 0 Å². The van der Waals surface area contributed by atoms with Crippen molar-refractivity contribution in [1.82, 2.24) is 15.2 Å². The van der Waals surface area contributed by atoms with Crippen molar-refractivity contribution in [3.63, 3.8) is 0 Å². The third-order valence-electron chi connectivity index (χ3n) is 1.70. The summed E-state index contributed by atoms with van der Waals surface area (Å²) in [4.78, 5) is 23.8. The Kier molecular flexibility index (Phi) is 5.23. The lowest BCUT2D eigenvalue weighted by molar-refractivity contribution is 0.0922. The third kappa shape index (κ3) is 4.24. The molecule has 0 spiro atoms. The van der Waals surface area contributed by atoms with Crippen LogP contribution in [0, 0.1) is 0 Å². The van der Waals surface area contributed by atoms with Gasteiger partial charge in [-0.2, -0.15) is 0 Å². The highest BCUT2D eigenvalue weighted by Gasteiger charge is 1.99. The molecule has 90 valence electrons. The summed E-state index contributed by atoms with van der Waals surface area (Å²) in [6.45, 7) is 1.27. The van der Waals surface area contributed by atoms with Gasteiger partial charge >= 0.3 is 5.69 Å². The molecule has 8 nitrogen and oxygen atoms in total. The average molecular weight is 230 g/mol. The van der Waals surface area contributed by atoms with Crippen LogP contribution in [0.3, 0.4) is 0 Å². The molecule has 0 fully saturated rings. The van der Waals surface area contributed by atoms with Gasteiger partial charge in [0.25, 0.3) is 5.56 Å². The molecule has 0 unspecified atom stereocenters. The van der Waals surface area contributed by atoms with E-state index in [1.54, 1.807) is 0 Å². The number of hydrogen-bond donors (Lipinski definition) is 4. The molecule has 1 heterocycles. The molecule has 0 amide bonds. The van der Waals surface area contributed by atoms with Crippen molar-refractivity contribution in [2.75, 3.05) is 31.7 Å². The number of rotatable bonds is 7. The highest BCUT2D eigenvalue weighted by molar-refractivity contribution is 5.28. The number of anilines is 1. The molecule has 0 radical (unpaired) electrons. The molecule has 4 N–H and O–H groups in total. The monoisotopic (exact) mass is 230 g/mol. The van der Waals surface area contributed by atoms with E-state index in [2.05, 4.69) is 15.5 Å². The SMILES string of the molecule is O=c1[nH]nc(NCCCOCCO)c(=O)[nH]1. The number of hydrogen-bond acceptors (Lipinski definition) is 6. The molecule has 16 heavy (non-hydrogen) atoms. The molecule has 1 rings (SSSR count). The predicted octanol–water partition coefficient (Wildman–Crippen LogP) is -1.73. The number of aromatic nitrogens is 3. The molecule has 0 atom stereocenters. The third-order valence-corrected chi connectivity index (χ3v) is 1.70. The fourth-order valence-electron chi connectivity index (χ4n) is 1.02. The lowest BCUT2D eigenvalue weighted by Crippen LogP contribution is -2.27. The fourth-order valence-corrected chi connectivity index (χ4v) is 1.02. The molecule has 1 aromatic heterocycles. The minimum Gasteiger partial charge on any atom is -0.394 e. The molecule has 0 saturated carbocycles. The van der Waals surface area contributed by atoms with Crippen molar-refractivity contribution >= 4 is 5.82 Å². The van der Waals surface area contributed by atoms with Crippen LogP contribution >= 0.6 is 0 Å². The van der Waals surface area contributed by atoms with Crippen molar-refractivity contribution in [3.8, 4) is 0 Å². The second kappa shape index (κ2) is 6.75. The van der Waals surface area contributed by atoms with E-state index < -0.39 is 11.2 Å². The van der Waals surface area contributed by atoms with Crippen LogP contribution in [0.2, 0.25) is 0 Å². The Morgan fingerprint density at radius 2 is 2.19 bits per heavy atom. The summed E-state index contributed by atoms with van der Waals surface area (Å²) < 4.78 is 5.02. The molecule has 8 heteroatoms. The summed E-state index contributed by atoms with van der Waals surface area (Å²) in [5.74, 6) is 0.0711. The van der Waals surface area contributed by atoms with Crippen molar-refractivity contribution in [3.05, 3.63) is 20.8 Å². The fraction of sp³-hybridized carbons (Fsp3) is 0.625. The van der Waals surface area contributed by atoms with Crippen molar-refractivity contribution in [1.29, 1.82) is 0 Å². The van der Waals surface area contributed by atoms with Gasteiger partial charge in [0, 0.05) is 13.2 Å². The van der Waals surface area contributed by atoms with Crippen molar-refractivity contribution in [2.45, 2.75) is 6.42 Å². The number of nitrogens with one attached hydrogen (secondary N) is 3. The summed E-state index contributed by atoms with van der Waals surface area (Å²) >= 11 is 0. The van der Waals surface area contributed by atoms with Crippen LogP contribution in [0.15, 0.2) is 9.59 Å². The van der Waals surface area contributed by atoms with E-state index in [-0.39, 0.29) is 12.4 Å². The van der Waals surface area contributed by atoms with Gasteiger partial charge in [-0.15, -0.1) is 5.10 Å². The first-order chi connectivity index (χ1) is 7.74. The zero-order valence-electron chi connectivity index (χ0n) is 8.65. The second-order valence-electron chi connectivity index (χ2n) is 2.97. The maximum atomic E-state index is 11.1. The average Bonchev–Trinajstić information content (AvgIpc) is 2.26. The Balaban J connectivity index is 2.27. The van der Waals surface area contributed by atoms with Crippen molar-refractivity contribution in [2.24, 2.45) is 0 Å². The first-order valence-corrected chi connectivity index (χ1v) is 4.85. The largest absolute Gasteiger partial charge is 0.394 e. The first kappa shape index (κ1) is 12.4. The molecular weight excluding hydrogens is 216 g/mol. The summed E-state index contributed by atoms with van der Waals surface area (Å²) in [6, 6.07) is 0. The van der Waals surface area contributed by atoms with Crippen LogP contribution in [-0.4, -0.2) is 46.7 Å². The normalized spacial score (nSPS) is 10.3. The van der Waals surface area contributed by atoms with E-state index in [9.17, 15) is 9.59 Å². The number of aliphatic hydroxyl groups is 1. The van der Waals surface area contributed by atoms with E-state index >= 15 is 0 Å². The first-order valence-electron chi connectivity index (χ1n) is 4.85. The van der Waals surface area contributed by atoms with Gasteiger partial charge in [-0.05, 0) is 6.42 Å². The number of nitrogens with zero attached hydrogens (tertiary/aromatic N) is 1. The van der Waals surface area contributed by atoms with Gasteiger partial charge < -0.3 is 15.2 Å². The Morgan fingerprint density at radius 1 is 1.38 bits per heavy atom. The number of aromatic amines is 2. The van der Waals surface area contributed by atoms with Gasteiger partial charge in [0.2, 0.25) is 5.82 Å². The molecule has 0 bridgehead atoms. The predicted molar refractivity (Wildman–Crippen MR) is 56.5 cm³/mol. The number of aliphatic hydroxyl groups excluding tert-OH is 1. The van der Waals surface area contributed by atoms with Gasteiger partial charge in [0.15, 0.2) is 0 Å². The van der Waals surface area contributed by atoms with Crippen LogP contribution in [0.25, 0.3) is 0 Å².